The first-order chi connectivity index (χ1) is 15.0. The normalized spacial score (nSPS) is 11.0. The molecule has 0 bridgehead atoms. The summed E-state index contributed by atoms with van der Waals surface area (Å²) in [6, 6.07) is 14.5. The monoisotopic (exact) mass is 455 g/mol. The van der Waals surface area contributed by atoms with Crippen molar-refractivity contribution in [1.29, 1.82) is 0 Å². The number of aromatic nitrogens is 4. The SMILES string of the molecule is O=C(Cc1ccccc1Cl)NCCn1ncc2c(=O)n(Cc3ccc(Cl)cc3)cnc21. The Kier molecular flexibility index (Phi) is 6.34. The topological polar surface area (TPSA) is 81.8 Å². The van der Waals surface area contributed by atoms with E-state index in [-0.39, 0.29) is 17.9 Å². The first kappa shape index (κ1) is 21.1. The van der Waals surface area contributed by atoms with Crippen LogP contribution in [0.3, 0.4) is 0 Å². The van der Waals surface area contributed by atoms with E-state index in [4.69, 9.17) is 23.2 Å². The van der Waals surface area contributed by atoms with Crippen molar-refractivity contribution >= 4 is 40.1 Å². The minimum Gasteiger partial charge on any atom is -0.354 e. The van der Waals surface area contributed by atoms with Gasteiger partial charge in [-0.1, -0.05) is 53.5 Å². The van der Waals surface area contributed by atoms with Crippen LogP contribution < -0.4 is 10.9 Å². The van der Waals surface area contributed by atoms with E-state index in [1.807, 2.05) is 30.3 Å². The third-order valence-corrected chi connectivity index (χ3v) is 5.46. The van der Waals surface area contributed by atoms with Crippen LogP contribution in [0.2, 0.25) is 10.0 Å². The van der Waals surface area contributed by atoms with Gasteiger partial charge in [-0.05, 0) is 29.3 Å². The minimum atomic E-state index is -0.172. The second kappa shape index (κ2) is 9.32. The number of carbonyl (C=O) groups excluding carboxylic acids is 1. The van der Waals surface area contributed by atoms with Crippen LogP contribution in [0.25, 0.3) is 11.0 Å². The maximum atomic E-state index is 12.8. The molecule has 0 aliphatic heterocycles. The molecule has 0 fully saturated rings. The maximum absolute atomic E-state index is 12.8. The van der Waals surface area contributed by atoms with Crippen LogP contribution in [0.5, 0.6) is 0 Å². The highest BCUT2D eigenvalue weighted by Crippen LogP contribution is 2.15. The summed E-state index contributed by atoms with van der Waals surface area (Å²) in [5.41, 5.74) is 2.03. The molecule has 0 saturated heterocycles. The molecule has 1 amide bonds. The van der Waals surface area contributed by atoms with Crippen molar-refractivity contribution in [2.24, 2.45) is 0 Å². The summed E-state index contributed by atoms with van der Waals surface area (Å²) in [5.74, 6) is -0.136. The average molecular weight is 456 g/mol. The number of hydrogen-bond donors (Lipinski definition) is 1. The van der Waals surface area contributed by atoms with Gasteiger partial charge in [-0.25, -0.2) is 9.67 Å². The Morgan fingerprint density at radius 3 is 2.61 bits per heavy atom. The van der Waals surface area contributed by atoms with Gasteiger partial charge in [0.25, 0.3) is 5.56 Å². The fourth-order valence-electron chi connectivity index (χ4n) is 3.24. The van der Waals surface area contributed by atoms with Gasteiger partial charge in [-0.15, -0.1) is 0 Å². The summed E-state index contributed by atoms with van der Waals surface area (Å²) in [5, 5.41) is 8.74. The van der Waals surface area contributed by atoms with Crippen molar-refractivity contribution in [2.45, 2.75) is 19.5 Å². The van der Waals surface area contributed by atoms with Crippen molar-refractivity contribution in [3.05, 3.63) is 92.6 Å². The quantitative estimate of drug-likeness (QED) is 0.463. The number of hydrogen-bond acceptors (Lipinski definition) is 4. The molecular weight excluding hydrogens is 437 g/mol. The molecule has 0 radical (unpaired) electrons. The van der Waals surface area contributed by atoms with Crippen LogP contribution in [0, 0.1) is 0 Å². The molecule has 0 aliphatic carbocycles. The van der Waals surface area contributed by atoms with E-state index in [1.54, 1.807) is 22.9 Å². The molecule has 2 aromatic carbocycles. The molecule has 31 heavy (non-hydrogen) atoms. The van der Waals surface area contributed by atoms with Gasteiger partial charge in [0.2, 0.25) is 5.91 Å². The molecule has 2 aromatic heterocycles. The predicted octanol–water partition coefficient (Wildman–Crippen LogP) is 3.31. The molecule has 1 N–H and O–H groups in total. The Hall–Kier alpha value is -3.16. The summed E-state index contributed by atoms with van der Waals surface area (Å²) < 4.78 is 3.14. The zero-order valence-electron chi connectivity index (χ0n) is 16.5. The summed E-state index contributed by atoms with van der Waals surface area (Å²) in [7, 11) is 0. The van der Waals surface area contributed by atoms with Crippen LogP contribution in [0.15, 0.2) is 65.8 Å². The molecule has 0 spiro atoms. The van der Waals surface area contributed by atoms with Gasteiger partial charge in [0.05, 0.1) is 25.7 Å². The van der Waals surface area contributed by atoms with Gasteiger partial charge < -0.3 is 5.32 Å². The largest absolute Gasteiger partial charge is 0.354 e. The molecule has 9 heteroatoms. The second-order valence-corrected chi connectivity index (χ2v) is 7.87. The van der Waals surface area contributed by atoms with E-state index in [1.165, 1.54) is 17.1 Å². The lowest BCUT2D eigenvalue weighted by Gasteiger charge is -2.08. The Morgan fingerprint density at radius 2 is 1.84 bits per heavy atom. The van der Waals surface area contributed by atoms with E-state index in [2.05, 4.69) is 15.4 Å². The van der Waals surface area contributed by atoms with Crippen LogP contribution in [-0.4, -0.2) is 31.8 Å². The number of benzene rings is 2. The zero-order valence-corrected chi connectivity index (χ0v) is 18.0. The molecule has 0 unspecified atom stereocenters. The van der Waals surface area contributed by atoms with Crippen LogP contribution >= 0.6 is 23.2 Å². The van der Waals surface area contributed by atoms with E-state index >= 15 is 0 Å². The Labute approximate surface area is 188 Å². The number of fused-ring (bicyclic) bond motifs is 1. The number of halogens is 2. The first-order valence-electron chi connectivity index (χ1n) is 9.67. The fourth-order valence-corrected chi connectivity index (χ4v) is 3.57. The van der Waals surface area contributed by atoms with Crippen molar-refractivity contribution in [3.8, 4) is 0 Å². The van der Waals surface area contributed by atoms with Crippen LogP contribution in [0.1, 0.15) is 11.1 Å². The molecule has 4 aromatic rings. The van der Waals surface area contributed by atoms with Crippen molar-refractivity contribution in [3.63, 3.8) is 0 Å². The second-order valence-electron chi connectivity index (χ2n) is 7.03. The number of amides is 1. The standard InChI is InChI=1S/C22H19Cl2N5O2/c23-17-7-5-15(6-8-17)13-28-14-26-21-18(22(28)31)12-27-29(21)10-9-25-20(30)11-16-3-1-2-4-19(16)24/h1-8,12,14H,9-11,13H2,(H,25,30). The third kappa shape index (κ3) is 4.95. The van der Waals surface area contributed by atoms with Gasteiger partial charge in [0, 0.05) is 16.6 Å². The van der Waals surface area contributed by atoms with Crippen molar-refractivity contribution in [2.75, 3.05) is 6.54 Å². The van der Waals surface area contributed by atoms with Gasteiger partial charge in [-0.2, -0.15) is 5.10 Å². The Balaban J connectivity index is 1.40. The Morgan fingerprint density at radius 1 is 1.06 bits per heavy atom. The molecule has 158 valence electrons. The molecule has 0 atom stereocenters. The third-order valence-electron chi connectivity index (χ3n) is 4.84. The Bertz CT molecular complexity index is 1280. The van der Waals surface area contributed by atoms with E-state index in [9.17, 15) is 9.59 Å². The lowest BCUT2D eigenvalue weighted by atomic mass is 10.1. The molecule has 7 nitrogen and oxygen atoms in total. The smallest absolute Gasteiger partial charge is 0.264 e. The molecule has 0 saturated carbocycles. The van der Waals surface area contributed by atoms with Crippen LogP contribution in [-0.2, 0) is 24.3 Å². The lowest BCUT2D eigenvalue weighted by molar-refractivity contribution is -0.120. The molecule has 4 rings (SSSR count). The highest BCUT2D eigenvalue weighted by Gasteiger charge is 2.11. The van der Waals surface area contributed by atoms with E-state index in [0.717, 1.165) is 11.1 Å². The minimum absolute atomic E-state index is 0.136. The number of nitrogens with one attached hydrogen (secondary N) is 1. The zero-order chi connectivity index (χ0) is 21.8. The first-order valence-corrected chi connectivity index (χ1v) is 10.4. The molecule has 2 heterocycles. The van der Waals surface area contributed by atoms with Gasteiger partial charge in [-0.3, -0.25) is 14.2 Å². The highest BCUT2D eigenvalue weighted by molar-refractivity contribution is 6.31. The average Bonchev–Trinajstić information content (AvgIpc) is 3.17. The fraction of sp³-hybridized carbons (Fsp3) is 0.182. The number of carbonyl (C=O) groups is 1. The van der Waals surface area contributed by atoms with E-state index in [0.29, 0.717) is 40.7 Å². The summed E-state index contributed by atoms with van der Waals surface area (Å²) in [4.78, 5) is 29.4. The van der Waals surface area contributed by atoms with E-state index < -0.39 is 0 Å². The summed E-state index contributed by atoms with van der Waals surface area (Å²) >= 11 is 12.0. The maximum Gasteiger partial charge on any atom is 0.264 e. The lowest BCUT2D eigenvalue weighted by Crippen LogP contribution is -2.29. The van der Waals surface area contributed by atoms with Gasteiger partial charge in [0.1, 0.15) is 11.7 Å². The van der Waals surface area contributed by atoms with Crippen molar-refractivity contribution < 1.29 is 4.79 Å². The summed E-state index contributed by atoms with van der Waals surface area (Å²) in [6.07, 6.45) is 3.22. The number of nitrogens with zero attached hydrogens (tertiary/aromatic N) is 4. The van der Waals surface area contributed by atoms with Gasteiger partial charge >= 0.3 is 0 Å². The molecule has 0 aliphatic rings. The highest BCUT2D eigenvalue weighted by atomic mass is 35.5. The van der Waals surface area contributed by atoms with Gasteiger partial charge in [0.15, 0.2) is 5.65 Å². The molecular formula is C22H19Cl2N5O2. The summed E-state index contributed by atoms with van der Waals surface area (Å²) in [6.45, 7) is 1.14. The predicted molar refractivity (Wildman–Crippen MR) is 121 cm³/mol. The number of rotatable bonds is 7. The van der Waals surface area contributed by atoms with Crippen LogP contribution in [0.4, 0.5) is 0 Å². The van der Waals surface area contributed by atoms with Crippen molar-refractivity contribution in [1.82, 2.24) is 24.6 Å².